The summed E-state index contributed by atoms with van der Waals surface area (Å²) < 4.78 is 0. The summed E-state index contributed by atoms with van der Waals surface area (Å²) in [7, 11) is 0. The third kappa shape index (κ3) is 1.70. The van der Waals surface area contributed by atoms with Gasteiger partial charge in [0.25, 0.3) is 0 Å². The van der Waals surface area contributed by atoms with E-state index in [0.29, 0.717) is 11.5 Å². The molecule has 0 spiro atoms. The summed E-state index contributed by atoms with van der Waals surface area (Å²) in [6.45, 7) is 4.17. The molecule has 3 aliphatic rings. The minimum atomic E-state index is 0.195. The SMILES string of the molecule is CC1(CNC(=O)N2CC3CCC2C3)CCC1. The molecule has 3 heteroatoms. The molecular weight excluding hydrogens is 200 g/mol. The fraction of sp³-hybridized carbons (Fsp3) is 0.923. The Morgan fingerprint density at radius 1 is 1.44 bits per heavy atom. The van der Waals surface area contributed by atoms with E-state index in [4.69, 9.17) is 0 Å². The lowest BCUT2D eigenvalue weighted by molar-refractivity contribution is 0.141. The van der Waals surface area contributed by atoms with Gasteiger partial charge in [-0.15, -0.1) is 0 Å². The smallest absolute Gasteiger partial charge is 0.317 e. The van der Waals surface area contributed by atoms with Crippen molar-refractivity contribution in [2.24, 2.45) is 11.3 Å². The van der Waals surface area contributed by atoms with E-state index in [1.54, 1.807) is 0 Å². The van der Waals surface area contributed by atoms with Crippen molar-refractivity contribution in [1.82, 2.24) is 10.2 Å². The molecule has 16 heavy (non-hydrogen) atoms. The molecule has 2 amide bonds. The molecule has 2 saturated carbocycles. The molecule has 90 valence electrons. The molecule has 2 atom stereocenters. The van der Waals surface area contributed by atoms with Crippen LogP contribution in [0.3, 0.4) is 0 Å². The maximum Gasteiger partial charge on any atom is 0.317 e. The molecule has 1 N–H and O–H groups in total. The Bertz CT molecular complexity index is 298. The summed E-state index contributed by atoms with van der Waals surface area (Å²) in [5, 5.41) is 3.14. The number of piperidine rings is 1. The zero-order valence-corrected chi connectivity index (χ0v) is 10.2. The number of carbonyl (C=O) groups excluding carboxylic acids is 1. The lowest BCUT2D eigenvalue weighted by atomic mass is 9.70. The number of urea groups is 1. The van der Waals surface area contributed by atoms with Crippen LogP contribution in [-0.2, 0) is 0 Å². The maximum atomic E-state index is 12.0. The molecular formula is C13H22N2O. The first-order valence-corrected chi connectivity index (χ1v) is 6.71. The average molecular weight is 222 g/mol. The lowest BCUT2D eigenvalue weighted by Gasteiger charge is -2.39. The van der Waals surface area contributed by atoms with E-state index in [-0.39, 0.29) is 6.03 Å². The predicted molar refractivity (Wildman–Crippen MR) is 63.2 cm³/mol. The van der Waals surface area contributed by atoms with Gasteiger partial charge in [-0.2, -0.15) is 0 Å². The Hall–Kier alpha value is -0.730. The van der Waals surface area contributed by atoms with Crippen LogP contribution < -0.4 is 5.32 Å². The topological polar surface area (TPSA) is 32.3 Å². The molecule has 1 heterocycles. The molecule has 1 saturated heterocycles. The second kappa shape index (κ2) is 3.64. The summed E-state index contributed by atoms with van der Waals surface area (Å²) in [4.78, 5) is 14.1. The van der Waals surface area contributed by atoms with Crippen LogP contribution in [-0.4, -0.2) is 30.1 Å². The van der Waals surface area contributed by atoms with Crippen molar-refractivity contribution in [3.8, 4) is 0 Å². The number of fused-ring (bicyclic) bond motifs is 2. The summed E-state index contributed by atoms with van der Waals surface area (Å²) in [6.07, 6.45) is 7.71. The molecule has 0 aromatic heterocycles. The number of rotatable bonds is 2. The van der Waals surface area contributed by atoms with Crippen LogP contribution >= 0.6 is 0 Å². The summed E-state index contributed by atoms with van der Waals surface area (Å²) in [5.41, 5.74) is 0.397. The number of nitrogens with one attached hydrogen (secondary N) is 1. The molecule has 2 aliphatic carbocycles. The van der Waals surface area contributed by atoms with Crippen molar-refractivity contribution in [2.75, 3.05) is 13.1 Å². The molecule has 0 aromatic rings. The van der Waals surface area contributed by atoms with Gasteiger partial charge in [0.15, 0.2) is 0 Å². The van der Waals surface area contributed by atoms with E-state index in [9.17, 15) is 4.79 Å². The highest BCUT2D eigenvalue weighted by molar-refractivity contribution is 5.75. The van der Waals surface area contributed by atoms with Crippen LogP contribution in [0.1, 0.15) is 45.4 Å². The first-order valence-electron chi connectivity index (χ1n) is 6.71. The number of hydrogen-bond donors (Lipinski definition) is 1. The minimum absolute atomic E-state index is 0.195. The van der Waals surface area contributed by atoms with Crippen LogP contribution in [0.2, 0.25) is 0 Å². The molecule has 2 bridgehead atoms. The van der Waals surface area contributed by atoms with Gasteiger partial charge in [-0.3, -0.25) is 0 Å². The lowest BCUT2D eigenvalue weighted by Crippen LogP contribution is -2.48. The van der Waals surface area contributed by atoms with Crippen LogP contribution in [0.25, 0.3) is 0 Å². The van der Waals surface area contributed by atoms with Crippen molar-refractivity contribution >= 4 is 6.03 Å². The molecule has 1 aliphatic heterocycles. The van der Waals surface area contributed by atoms with E-state index >= 15 is 0 Å². The van der Waals surface area contributed by atoms with E-state index in [1.165, 1.54) is 38.5 Å². The van der Waals surface area contributed by atoms with Gasteiger partial charge in [-0.05, 0) is 43.4 Å². The van der Waals surface area contributed by atoms with Crippen LogP contribution in [0.4, 0.5) is 4.79 Å². The molecule has 3 rings (SSSR count). The molecule has 2 unspecified atom stereocenters. The fourth-order valence-electron chi connectivity index (χ4n) is 3.52. The highest BCUT2D eigenvalue weighted by Crippen LogP contribution is 2.40. The van der Waals surface area contributed by atoms with Crippen molar-refractivity contribution in [3.05, 3.63) is 0 Å². The number of nitrogens with zero attached hydrogens (tertiary/aromatic N) is 1. The van der Waals surface area contributed by atoms with Crippen LogP contribution in [0.15, 0.2) is 0 Å². The first-order chi connectivity index (χ1) is 7.66. The monoisotopic (exact) mass is 222 g/mol. The van der Waals surface area contributed by atoms with Crippen LogP contribution in [0, 0.1) is 11.3 Å². The Labute approximate surface area is 97.6 Å². The second-order valence-electron chi connectivity index (χ2n) is 6.31. The van der Waals surface area contributed by atoms with Gasteiger partial charge in [0.05, 0.1) is 0 Å². The molecule has 3 fully saturated rings. The number of likely N-dealkylation sites (tertiary alicyclic amines) is 1. The third-order valence-electron chi connectivity index (χ3n) is 4.90. The van der Waals surface area contributed by atoms with Crippen molar-refractivity contribution in [3.63, 3.8) is 0 Å². The Morgan fingerprint density at radius 2 is 2.25 bits per heavy atom. The molecule has 3 nitrogen and oxygen atoms in total. The zero-order chi connectivity index (χ0) is 11.2. The fourth-order valence-corrected chi connectivity index (χ4v) is 3.52. The normalized spacial score (nSPS) is 34.9. The Morgan fingerprint density at radius 3 is 2.75 bits per heavy atom. The number of carbonyl (C=O) groups is 1. The highest BCUT2D eigenvalue weighted by Gasteiger charge is 2.41. The van der Waals surface area contributed by atoms with E-state index in [0.717, 1.165) is 19.0 Å². The molecule has 0 aromatic carbocycles. The van der Waals surface area contributed by atoms with Crippen LogP contribution in [0.5, 0.6) is 0 Å². The van der Waals surface area contributed by atoms with E-state index in [2.05, 4.69) is 17.1 Å². The quantitative estimate of drug-likeness (QED) is 0.764. The predicted octanol–water partition coefficient (Wildman–Crippen LogP) is 2.37. The third-order valence-corrected chi connectivity index (χ3v) is 4.90. The molecule has 0 radical (unpaired) electrons. The van der Waals surface area contributed by atoms with Crippen molar-refractivity contribution < 1.29 is 4.79 Å². The van der Waals surface area contributed by atoms with Gasteiger partial charge in [-0.25, -0.2) is 4.79 Å². The first kappa shape index (κ1) is 10.4. The van der Waals surface area contributed by atoms with Crippen molar-refractivity contribution in [2.45, 2.75) is 51.5 Å². The zero-order valence-electron chi connectivity index (χ0n) is 10.2. The second-order valence-corrected chi connectivity index (χ2v) is 6.31. The van der Waals surface area contributed by atoms with E-state index < -0.39 is 0 Å². The average Bonchev–Trinajstić information content (AvgIpc) is 2.84. The summed E-state index contributed by atoms with van der Waals surface area (Å²) in [5.74, 6) is 0.801. The standard InChI is InChI=1S/C13H22N2O/c1-13(5-2-6-13)9-14-12(16)15-8-10-3-4-11(15)7-10/h10-11H,2-9H2,1H3,(H,14,16). The summed E-state index contributed by atoms with van der Waals surface area (Å²) in [6, 6.07) is 0.750. The van der Waals surface area contributed by atoms with E-state index in [1.807, 2.05) is 0 Å². The van der Waals surface area contributed by atoms with Gasteiger partial charge in [0.2, 0.25) is 0 Å². The minimum Gasteiger partial charge on any atom is -0.337 e. The van der Waals surface area contributed by atoms with Crippen molar-refractivity contribution in [1.29, 1.82) is 0 Å². The number of hydrogen-bond acceptors (Lipinski definition) is 1. The number of amides is 2. The van der Waals surface area contributed by atoms with Gasteiger partial charge < -0.3 is 10.2 Å². The highest BCUT2D eigenvalue weighted by atomic mass is 16.2. The maximum absolute atomic E-state index is 12.0. The Balaban J connectivity index is 1.50. The van der Waals surface area contributed by atoms with Gasteiger partial charge >= 0.3 is 6.03 Å². The Kier molecular flexibility index (Phi) is 2.37. The van der Waals surface area contributed by atoms with Gasteiger partial charge in [0, 0.05) is 19.1 Å². The largest absolute Gasteiger partial charge is 0.337 e. The van der Waals surface area contributed by atoms with Gasteiger partial charge in [-0.1, -0.05) is 13.3 Å². The van der Waals surface area contributed by atoms with Gasteiger partial charge in [0.1, 0.15) is 0 Å². The summed E-state index contributed by atoms with van der Waals surface area (Å²) >= 11 is 0.